The average molecular weight is 779 g/mol. The zero-order chi connectivity index (χ0) is 40.7. The van der Waals surface area contributed by atoms with Gasteiger partial charge < -0.3 is 9.47 Å². The molecule has 0 bridgehead atoms. The molecule has 0 saturated carbocycles. The Bertz CT molecular complexity index is 3520. The Labute approximate surface area is 356 Å². The summed E-state index contributed by atoms with van der Waals surface area (Å²) in [5, 5.41) is 7.56. The van der Waals surface area contributed by atoms with Crippen molar-refractivity contribution in [1.29, 1.82) is 0 Å². The number of para-hydroxylation sites is 2. The summed E-state index contributed by atoms with van der Waals surface area (Å²) in [5.41, 5.74) is 17.0. The lowest BCUT2D eigenvalue weighted by Crippen LogP contribution is -2.17. The normalized spacial score (nSPS) is 12.9. The zero-order valence-electron chi connectivity index (χ0n) is 34.2. The van der Waals surface area contributed by atoms with Crippen LogP contribution in [0.3, 0.4) is 0 Å². The highest BCUT2D eigenvalue weighted by Gasteiger charge is 2.37. The van der Waals surface area contributed by atoms with Crippen LogP contribution in [0.15, 0.2) is 218 Å². The van der Waals surface area contributed by atoms with E-state index in [1.54, 1.807) is 0 Å². The van der Waals surface area contributed by atoms with Crippen LogP contribution in [-0.4, -0.2) is 4.57 Å². The molecule has 0 amide bonds. The third-order valence-corrected chi connectivity index (χ3v) is 13.1. The van der Waals surface area contributed by atoms with E-state index in [0.29, 0.717) is 0 Å². The van der Waals surface area contributed by atoms with Crippen LogP contribution >= 0.6 is 0 Å². The molecule has 10 aromatic carbocycles. The van der Waals surface area contributed by atoms with E-state index in [9.17, 15) is 0 Å². The fourth-order valence-electron chi connectivity index (χ4n) is 10.4. The Morgan fingerprint density at radius 2 is 1.03 bits per heavy atom. The monoisotopic (exact) mass is 778 g/mol. The van der Waals surface area contributed by atoms with Crippen molar-refractivity contribution in [2.45, 2.75) is 19.3 Å². The van der Waals surface area contributed by atoms with Crippen LogP contribution in [0.5, 0.6) is 0 Å². The minimum atomic E-state index is -0.177. The molecule has 0 N–H and O–H groups in total. The summed E-state index contributed by atoms with van der Waals surface area (Å²) in [6.07, 6.45) is 0. The number of benzene rings is 10. The second-order valence-electron chi connectivity index (χ2n) is 16.9. The van der Waals surface area contributed by atoms with E-state index < -0.39 is 0 Å². The van der Waals surface area contributed by atoms with E-state index in [1.165, 1.54) is 87.9 Å². The van der Waals surface area contributed by atoms with Crippen molar-refractivity contribution >= 4 is 60.4 Å². The van der Waals surface area contributed by atoms with Gasteiger partial charge in [0.1, 0.15) is 0 Å². The SMILES string of the molecule is CC1(C)c2cc(N(c3ccccc3)c3cccc4c3c3ccccc3n4-c3cccc(-c4ccccc4-c4ccc5ccccc5c4)c3)ccc2-c2ccc3ccccc3c21. The summed E-state index contributed by atoms with van der Waals surface area (Å²) in [5.74, 6) is 0. The van der Waals surface area contributed by atoms with Crippen molar-refractivity contribution in [3.8, 4) is 39.1 Å². The number of hydrogen-bond donors (Lipinski definition) is 0. The van der Waals surface area contributed by atoms with Crippen molar-refractivity contribution in [1.82, 2.24) is 4.57 Å². The summed E-state index contributed by atoms with van der Waals surface area (Å²) in [6.45, 7) is 4.78. The van der Waals surface area contributed by atoms with E-state index >= 15 is 0 Å². The van der Waals surface area contributed by atoms with Crippen LogP contribution in [0.4, 0.5) is 17.1 Å². The van der Waals surface area contributed by atoms with Gasteiger partial charge in [0, 0.05) is 33.2 Å². The van der Waals surface area contributed by atoms with Crippen LogP contribution in [0, 0.1) is 0 Å². The molecule has 288 valence electrons. The van der Waals surface area contributed by atoms with E-state index in [4.69, 9.17) is 0 Å². The molecular formula is C59H42N2. The first-order valence-corrected chi connectivity index (χ1v) is 21.3. The van der Waals surface area contributed by atoms with Crippen LogP contribution in [0.25, 0.3) is 82.4 Å². The molecule has 11 aromatic rings. The molecule has 61 heavy (non-hydrogen) atoms. The van der Waals surface area contributed by atoms with Gasteiger partial charge in [-0.2, -0.15) is 0 Å². The molecule has 0 unspecified atom stereocenters. The first-order valence-electron chi connectivity index (χ1n) is 21.3. The van der Waals surface area contributed by atoms with Crippen molar-refractivity contribution < 1.29 is 0 Å². The smallest absolute Gasteiger partial charge is 0.0562 e. The molecule has 0 aliphatic heterocycles. The van der Waals surface area contributed by atoms with Crippen LogP contribution in [0.1, 0.15) is 25.0 Å². The van der Waals surface area contributed by atoms with Gasteiger partial charge in [-0.3, -0.25) is 0 Å². The van der Waals surface area contributed by atoms with E-state index in [2.05, 4.69) is 242 Å². The highest BCUT2D eigenvalue weighted by molar-refractivity contribution is 6.16. The molecule has 0 atom stereocenters. The molecule has 1 aliphatic rings. The van der Waals surface area contributed by atoms with E-state index in [-0.39, 0.29) is 5.41 Å². The minimum absolute atomic E-state index is 0.177. The minimum Gasteiger partial charge on any atom is -0.310 e. The van der Waals surface area contributed by atoms with Gasteiger partial charge >= 0.3 is 0 Å². The summed E-state index contributed by atoms with van der Waals surface area (Å²) in [7, 11) is 0. The largest absolute Gasteiger partial charge is 0.310 e. The molecule has 0 radical (unpaired) electrons. The topological polar surface area (TPSA) is 8.17 Å². The Hall–Kier alpha value is -7.68. The number of rotatable bonds is 6. The Balaban J connectivity index is 1.03. The van der Waals surface area contributed by atoms with Gasteiger partial charge in [-0.15, -0.1) is 0 Å². The lowest BCUT2D eigenvalue weighted by molar-refractivity contribution is 0.666. The van der Waals surface area contributed by atoms with Gasteiger partial charge in [0.2, 0.25) is 0 Å². The summed E-state index contributed by atoms with van der Waals surface area (Å²) in [4.78, 5) is 2.47. The van der Waals surface area contributed by atoms with E-state index in [1.807, 2.05) is 0 Å². The average Bonchev–Trinajstić information content (AvgIpc) is 3.78. The van der Waals surface area contributed by atoms with Gasteiger partial charge in [0.25, 0.3) is 0 Å². The van der Waals surface area contributed by atoms with Gasteiger partial charge in [0.15, 0.2) is 0 Å². The highest BCUT2D eigenvalue weighted by atomic mass is 15.1. The highest BCUT2D eigenvalue weighted by Crippen LogP contribution is 2.53. The Morgan fingerprint density at radius 3 is 1.87 bits per heavy atom. The fraction of sp³-hybridized carbons (Fsp3) is 0.0508. The lowest BCUT2D eigenvalue weighted by Gasteiger charge is -2.29. The maximum atomic E-state index is 2.47. The molecule has 2 nitrogen and oxygen atoms in total. The second-order valence-corrected chi connectivity index (χ2v) is 16.9. The van der Waals surface area contributed by atoms with Gasteiger partial charge in [-0.1, -0.05) is 172 Å². The number of aromatic nitrogens is 1. The molecule has 1 aliphatic carbocycles. The lowest BCUT2D eigenvalue weighted by atomic mass is 9.80. The van der Waals surface area contributed by atoms with Gasteiger partial charge in [-0.25, -0.2) is 0 Å². The predicted octanol–water partition coefficient (Wildman–Crippen LogP) is 16.2. The van der Waals surface area contributed by atoms with Gasteiger partial charge in [-0.05, 0) is 127 Å². The van der Waals surface area contributed by atoms with Crippen LogP contribution in [-0.2, 0) is 5.41 Å². The first-order chi connectivity index (χ1) is 30.0. The third-order valence-electron chi connectivity index (χ3n) is 13.1. The van der Waals surface area contributed by atoms with Crippen molar-refractivity contribution in [2.75, 3.05) is 4.90 Å². The number of nitrogens with zero attached hydrogens (tertiary/aromatic N) is 2. The molecule has 0 saturated heterocycles. The second kappa shape index (κ2) is 13.7. The molecular weight excluding hydrogens is 737 g/mol. The van der Waals surface area contributed by atoms with Crippen molar-refractivity contribution in [3.05, 3.63) is 230 Å². The molecule has 0 spiro atoms. The first kappa shape index (κ1) is 35.3. The quantitative estimate of drug-likeness (QED) is 0.163. The Morgan fingerprint density at radius 1 is 0.393 bits per heavy atom. The molecule has 2 heteroatoms. The summed E-state index contributed by atoms with van der Waals surface area (Å²) in [6, 6.07) is 80.3. The summed E-state index contributed by atoms with van der Waals surface area (Å²) >= 11 is 0. The maximum Gasteiger partial charge on any atom is 0.0562 e. The molecule has 12 rings (SSSR count). The third kappa shape index (κ3) is 5.49. The van der Waals surface area contributed by atoms with Gasteiger partial charge in [0.05, 0.1) is 16.7 Å². The number of anilines is 3. The number of hydrogen-bond acceptors (Lipinski definition) is 1. The van der Waals surface area contributed by atoms with Crippen LogP contribution < -0.4 is 4.90 Å². The van der Waals surface area contributed by atoms with Crippen molar-refractivity contribution in [2.24, 2.45) is 0 Å². The number of fused-ring (bicyclic) bond motifs is 9. The van der Waals surface area contributed by atoms with Crippen molar-refractivity contribution in [3.63, 3.8) is 0 Å². The molecule has 1 heterocycles. The molecule has 0 fully saturated rings. The van der Waals surface area contributed by atoms with E-state index in [0.717, 1.165) is 22.7 Å². The summed E-state index contributed by atoms with van der Waals surface area (Å²) < 4.78 is 2.45. The van der Waals surface area contributed by atoms with Crippen LogP contribution in [0.2, 0.25) is 0 Å². The maximum absolute atomic E-state index is 2.47. The zero-order valence-corrected chi connectivity index (χ0v) is 34.2. The molecule has 1 aromatic heterocycles. The standard InChI is InChI=1S/C59H42N2/c1-59(2)53-38-46(33-35-50(53)51-34-32-40-17-8-9-25-49(40)58(51)59)60(44-20-4-3-5-21-44)55-28-15-29-56-57(55)52-26-12-13-27-54(52)61(56)45-22-14-19-42(37-45)47-23-10-11-24-48(47)43-31-30-39-16-6-7-18-41(39)36-43/h3-38H,1-2H3. The Kier molecular flexibility index (Phi) is 7.92. The fourth-order valence-corrected chi connectivity index (χ4v) is 10.4. The predicted molar refractivity (Wildman–Crippen MR) is 259 cm³/mol.